The van der Waals surface area contributed by atoms with Crippen molar-refractivity contribution < 1.29 is 29.4 Å². The van der Waals surface area contributed by atoms with Crippen molar-refractivity contribution in [3.63, 3.8) is 0 Å². The van der Waals surface area contributed by atoms with Gasteiger partial charge in [-0.25, -0.2) is 4.98 Å². The lowest BCUT2D eigenvalue weighted by atomic mass is 9.87. The monoisotopic (exact) mass is 619 g/mol. The summed E-state index contributed by atoms with van der Waals surface area (Å²) < 4.78 is 6.66. The van der Waals surface area contributed by atoms with Gasteiger partial charge in [-0.1, -0.05) is 23.0 Å². The number of fused-ring (bicyclic) bond motifs is 2. The molecule has 208 valence electrons. The number of β-lactam (4-membered cyclic amide) rings is 1. The van der Waals surface area contributed by atoms with Gasteiger partial charge in [0.1, 0.15) is 28.3 Å². The van der Waals surface area contributed by atoms with Gasteiger partial charge in [0.05, 0.1) is 11.3 Å². The molecule has 4 heterocycles. The zero-order valence-corrected chi connectivity index (χ0v) is 23.9. The van der Waals surface area contributed by atoms with E-state index in [-0.39, 0.29) is 34.3 Å². The molecule has 0 bridgehead atoms. The first kappa shape index (κ1) is 27.9. The van der Waals surface area contributed by atoms with Crippen molar-refractivity contribution in [3.05, 3.63) is 57.0 Å². The molecule has 1 aromatic carbocycles. The minimum atomic E-state index is -1.36. The van der Waals surface area contributed by atoms with Gasteiger partial charge in [0.25, 0.3) is 5.91 Å². The van der Waals surface area contributed by atoms with Crippen LogP contribution in [0.2, 0.25) is 0 Å². The number of thioether (sulfide) groups is 2. The predicted octanol–water partition coefficient (Wildman–Crippen LogP) is 2.26. The van der Waals surface area contributed by atoms with Gasteiger partial charge in [-0.2, -0.15) is 0 Å². The highest BCUT2D eigenvalue weighted by molar-refractivity contribution is 8.04. The Hall–Kier alpha value is -3.60. The Morgan fingerprint density at radius 2 is 2.15 bits per heavy atom. The summed E-state index contributed by atoms with van der Waals surface area (Å²) >= 11 is 4.90. The van der Waals surface area contributed by atoms with Crippen molar-refractivity contribution in [2.24, 2.45) is 10.6 Å². The molecule has 0 spiro atoms. The van der Waals surface area contributed by atoms with Crippen molar-refractivity contribution in [1.29, 1.82) is 0 Å². The van der Waals surface area contributed by atoms with E-state index >= 15 is 0 Å². The smallest absolute Gasteiger partial charge is 0.316 e. The Kier molecular flexibility index (Phi) is 7.76. The highest BCUT2D eigenvalue weighted by Crippen LogP contribution is 2.43. The molecule has 2 saturated heterocycles. The van der Waals surface area contributed by atoms with Crippen molar-refractivity contribution in [2.75, 3.05) is 25.1 Å². The molecule has 0 aliphatic carbocycles. The number of aliphatic carboxylic acids is 1. The molecule has 2 amide bonds. The summed E-state index contributed by atoms with van der Waals surface area (Å²) in [6.45, 7) is -0.0863. The quantitative estimate of drug-likeness (QED) is 0.0953. The molecule has 3 atom stereocenters. The molecule has 16 heteroatoms. The molecule has 5 rings (SSSR count). The van der Waals surface area contributed by atoms with E-state index in [4.69, 9.17) is 10.5 Å². The van der Waals surface area contributed by atoms with Crippen LogP contribution in [0.15, 0.2) is 55.3 Å². The van der Waals surface area contributed by atoms with Crippen LogP contribution in [0.3, 0.4) is 0 Å². The van der Waals surface area contributed by atoms with Crippen molar-refractivity contribution in [2.45, 2.75) is 15.6 Å². The number of carbonyl (C=O) groups is 3. The van der Waals surface area contributed by atoms with Gasteiger partial charge in [-0.3, -0.25) is 19.2 Å². The summed E-state index contributed by atoms with van der Waals surface area (Å²) in [7, 11) is 1.54. The number of benzene rings is 1. The molecule has 12 nitrogen and oxygen atoms in total. The van der Waals surface area contributed by atoms with Crippen LogP contribution in [-0.2, 0) is 14.4 Å². The number of carboxylic acid groups (broad SMARTS) is 1. The van der Waals surface area contributed by atoms with Crippen molar-refractivity contribution in [1.82, 2.24) is 15.2 Å². The topological polar surface area (TPSA) is 185 Å². The van der Waals surface area contributed by atoms with Gasteiger partial charge < -0.3 is 31.0 Å². The summed E-state index contributed by atoms with van der Waals surface area (Å²) in [5.74, 6) is -1.57. The number of nitrogens with two attached hydrogens (primary N) is 1. The summed E-state index contributed by atoms with van der Waals surface area (Å²) in [5, 5.41) is 28.3. The number of anilines is 1. The number of ether oxygens (including phenoxy) is 1. The molecule has 2 aliphatic heterocycles. The van der Waals surface area contributed by atoms with Gasteiger partial charge in [0.2, 0.25) is 5.91 Å². The van der Waals surface area contributed by atoms with E-state index in [9.17, 15) is 29.5 Å². The average molecular weight is 620 g/mol. The summed E-state index contributed by atoms with van der Waals surface area (Å²) in [6, 6.07) is 5.79. The molecular formula is C24H21N5O7S4. The zero-order chi connectivity index (χ0) is 28.6. The van der Waals surface area contributed by atoms with Gasteiger partial charge >= 0.3 is 5.97 Å². The van der Waals surface area contributed by atoms with E-state index in [1.165, 1.54) is 51.2 Å². The molecular weight excluding hydrogens is 599 g/mol. The van der Waals surface area contributed by atoms with Gasteiger partial charge in [0, 0.05) is 33.8 Å². The van der Waals surface area contributed by atoms with Crippen LogP contribution in [-0.4, -0.2) is 74.5 Å². The maximum atomic E-state index is 12.9. The maximum Gasteiger partial charge on any atom is 0.316 e. The lowest BCUT2D eigenvalue weighted by molar-refractivity contribution is -0.156. The molecule has 3 aromatic rings. The molecule has 2 aromatic heterocycles. The molecule has 40 heavy (non-hydrogen) atoms. The van der Waals surface area contributed by atoms with E-state index < -0.39 is 34.6 Å². The third kappa shape index (κ3) is 5.14. The lowest BCUT2D eigenvalue weighted by Crippen LogP contribution is -2.73. The second-order valence-corrected chi connectivity index (χ2v) is 13.1. The first-order valence-corrected chi connectivity index (χ1v) is 15.1. The van der Waals surface area contributed by atoms with Crippen LogP contribution in [0.4, 0.5) is 5.13 Å². The number of carboxylic acids is 1. The Morgan fingerprint density at radius 3 is 2.83 bits per heavy atom. The third-order valence-corrected chi connectivity index (χ3v) is 10.6. The highest BCUT2D eigenvalue weighted by atomic mass is 32.2. The van der Waals surface area contributed by atoms with E-state index in [0.29, 0.717) is 15.3 Å². The SMILES string of the molecule is COc1ccc2c(=O)cc(SC=CC3(C(=O)O)CS[C@@H]4C(NC(=O)C(=NO)c5csc(N)n5)C(=O)N4C3)sc2c1. The third-order valence-electron chi connectivity index (χ3n) is 6.38. The molecule has 2 unspecified atom stereocenters. The number of thiazole rings is 1. The van der Waals surface area contributed by atoms with E-state index in [0.717, 1.165) is 16.0 Å². The maximum absolute atomic E-state index is 12.9. The standard InChI is InChI=1S/C24H21N5O7S4/c1-36-11-2-3-12-14(30)7-16(40-15(12)6-11)37-5-4-24(22(33)34)9-29-20(32)18(21(29)39-10-24)27-19(31)17(28-35)13-8-38-23(25)26-13/h2-8,18,21,35H,9-10H2,1H3,(H2,25,26)(H,27,31)(H,33,34)/t18?,21-,24?/m1/s1. The van der Waals surface area contributed by atoms with Crippen LogP contribution in [0.25, 0.3) is 10.1 Å². The molecule has 2 fully saturated rings. The molecule has 0 radical (unpaired) electrons. The van der Waals surface area contributed by atoms with E-state index in [1.54, 1.807) is 36.8 Å². The number of rotatable bonds is 8. The summed E-state index contributed by atoms with van der Waals surface area (Å²) in [6.07, 6.45) is 1.54. The van der Waals surface area contributed by atoms with Gasteiger partial charge in [-0.05, 0) is 23.6 Å². The summed E-state index contributed by atoms with van der Waals surface area (Å²) in [5.41, 5.74) is 3.76. The number of hydrogen-bond acceptors (Lipinski definition) is 13. The number of nitrogen functional groups attached to an aromatic ring is 1. The largest absolute Gasteiger partial charge is 0.497 e. The Bertz CT molecular complexity index is 1640. The molecule has 2 aliphatic rings. The number of methoxy groups -OCH3 is 1. The normalized spacial score (nSPS) is 22.7. The van der Waals surface area contributed by atoms with Crippen LogP contribution in [0.5, 0.6) is 5.75 Å². The Morgan fingerprint density at radius 1 is 1.35 bits per heavy atom. The van der Waals surface area contributed by atoms with Crippen LogP contribution < -0.4 is 21.2 Å². The number of carbonyl (C=O) groups excluding carboxylic acids is 2. The van der Waals surface area contributed by atoms with Crippen LogP contribution in [0, 0.1) is 5.41 Å². The van der Waals surface area contributed by atoms with Crippen LogP contribution >= 0.6 is 46.2 Å². The van der Waals surface area contributed by atoms with Gasteiger partial charge in [-0.15, -0.1) is 34.4 Å². The van der Waals surface area contributed by atoms with E-state index in [1.807, 2.05) is 0 Å². The van der Waals surface area contributed by atoms with Crippen molar-refractivity contribution in [3.8, 4) is 5.75 Å². The fourth-order valence-corrected chi connectivity index (χ4v) is 8.41. The number of aromatic nitrogens is 1. The first-order chi connectivity index (χ1) is 19.2. The Labute approximate surface area is 242 Å². The minimum absolute atomic E-state index is 0.0746. The Balaban J connectivity index is 1.27. The fourth-order valence-electron chi connectivity index (χ4n) is 4.24. The second-order valence-electron chi connectivity index (χ2n) is 8.81. The second kappa shape index (κ2) is 11.1. The number of nitrogens with zero attached hydrogens (tertiary/aromatic N) is 3. The number of hydrogen-bond donors (Lipinski definition) is 4. The number of oxime groups is 1. The minimum Gasteiger partial charge on any atom is -0.497 e. The number of amides is 2. The number of nitrogens with one attached hydrogen (secondary N) is 1. The average Bonchev–Trinajstić information content (AvgIpc) is 3.37. The molecule has 5 N–H and O–H groups in total. The predicted molar refractivity (Wildman–Crippen MR) is 154 cm³/mol. The molecule has 0 saturated carbocycles. The summed E-state index contributed by atoms with van der Waals surface area (Å²) in [4.78, 5) is 55.8. The highest BCUT2D eigenvalue weighted by Gasteiger charge is 2.57. The van der Waals surface area contributed by atoms with Crippen molar-refractivity contribution >= 4 is 84.9 Å². The van der Waals surface area contributed by atoms with E-state index in [2.05, 4.69) is 15.5 Å². The fraction of sp³-hybridized carbons (Fsp3) is 0.250. The zero-order valence-electron chi connectivity index (χ0n) is 20.6. The first-order valence-electron chi connectivity index (χ1n) is 11.5. The lowest BCUT2D eigenvalue weighted by Gasteiger charge is -2.53. The van der Waals surface area contributed by atoms with Crippen LogP contribution in [0.1, 0.15) is 5.69 Å². The van der Waals surface area contributed by atoms with Gasteiger partial charge in [0.15, 0.2) is 16.3 Å².